The number of aliphatic hydroxyl groups is 4. The van der Waals surface area contributed by atoms with Crippen LogP contribution < -0.4 is 9.86 Å². The Hall–Kier alpha value is -0.420. The van der Waals surface area contributed by atoms with Crippen LogP contribution in [0.1, 0.15) is 6.42 Å². The van der Waals surface area contributed by atoms with Gasteiger partial charge in [0.25, 0.3) is 0 Å². The van der Waals surface area contributed by atoms with Crippen molar-refractivity contribution in [2.24, 2.45) is 5.14 Å². The van der Waals surface area contributed by atoms with E-state index in [0.717, 1.165) is 0 Å². The molecule has 5 atom stereocenters. The van der Waals surface area contributed by atoms with Crippen molar-refractivity contribution in [3.8, 4) is 0 Å². The Kier molecular flexibility index (Phi) is 7.27. The first-order valence-electron chi connectivity index (χ1n) is 6.45. The number of nitrogens with two attached hydrogens (primary N) is 1. The van der Waals surface area contributed by atoms with Crippen molar-refractivity contribution in [1.29, 1.82) is 0 Å². The van der Waals surface area contributed by atoms with E-state index in [-0.39, 0.29) is 19.6 Å². The van der Waals surface area contributed by atoms with Crippen LogP contribution in [0.4, 0.5) is 0 Å². The largest absolute Gasteiger partial charge is 0.394 e. The van der Waals surface area contributed by atoms with Gasteiger partial charge in [0.2, 0.25) is 15.5 Å². The second-order valence-electron chi connectivity index (χ2n) is 4.80. The lowest BCUT2D eigenvalue weighted by Crippen LogP contribution is -2.62. The Morgan fingerprint density at radius 3 is 2.22 bits per heavy atom. The van der Waals surface area contributed by atoms with Crippen LogP contribution in [0.3, 0.4) is 0 Å². The molecule has 0 saturated carbocycles. The van der Waals surface area contributed by atoms with Crippen molar-refractivity contribution >= 4 is 20.3 Å². The highest BCUT2D eigenvalue weighted by Crippen LogP contribution is 2.24. The third kappa shape index (κ3) is 5.86. The van der Waals surface area contributed by atoms with Gasteiger partial charge in [-0.1, -0.05) is 0 Å². The van der Waals surface area contributed by atoms with Crippen molar-refractivity contribution < 1.29 is 46.2 Å². The molecule has 12 nitrogen and oxygen atoms in total. The molecule has 2 unspecified atom stereocenters. The second-order valence-corrected chi connectivity index (χ2v) is 7.87. The SMILES string of the molecule is NS(=O)(=O)OCCCNS(=O)(=O)[C@@H]1OC(CO)[C@@H](O)[C@H](O)C1O. The molecule has 0 aliphatic carbocycles. The first-order valence-corrected chi connectivity index (χ1v) is 9.47. The van der Waals surface area contributed by atoms with Gasteiger partial charge in [-0.05, 0) is 6.42 Å². The molecule has 0 bridgehead atoms. The van der Waals surface area contributed by atoms with Crippen LogP contribution in [0, 0.1) is 0 Å². The Bertz CT molecular complexity index is 577. The smallest absolute Gasteiger partial charge is 0.333 e. The Labute approximate surface area is 133 Å². The zero-order valence-electron chi connectivity index (χ0n) is 11.8. The molecule has 0 amide bonds. The van der Waals surface area contributed by atoms with E-state index in [1.165, 1.54) is 0 Å². The maximum atomic E-state index is 12.0. The minimum absolute atomic E-state index is 0.0485. The number of hydrogen-bond acceptors (Lipinski definition) is 10. The van der Waals surface area contributed by atoms with Gasteiger partial charge in [0, 0.05) is 6.54 Å². The molecule has 14 heteroatoms. The molecule has 1 heterocycles. The minimum Gasteiger partial charge on any atom is -0.394 e. The molecule has 0 aromatic heterocycles. The van der Waals surface area contributed by atoms with Crippen molar-refractivity contribution in [2.45, 2.75) is 36.3 Å². The lowest BCUT2D eigenvalue weighted by atomic mass is 10.0. The summed E-state index contributed by atoms with van der Waals surface area (Å²) in [7, 11) is -8.41. The average molecular weight is 380 g/mol. The van der Waals surface area contributed by atoms with Gasteiger partial charge in [0.05, 0.1) is 13.2 Å². The van der Waals surface area contributed by atoms with E-state index in [1.54, 1.807) is 0 Å². The summed E-state index contributed by atoms with van der Waals surface area (Å²) in [5.74, 6) is 0. The molecular weight excluding hydrogens is 360 g/mol. The van der Waals surface area contributed by atoms with Crippen LogP contribution in [0.15, 0.2) is 0 Å². The van der Waals surface area contributed by atoms with Crippen LogP contribution in [-0.4, -0.2) is 86.9 Å². The summed E-state index contributed by atoms with van der Waals surface area (Å²) in [5.41, 5.74) is -1.92. The van der Waals surface area contributed by atoms with E-state index in [9.17, 15) is 32.2 Å². The summed E-state index contributed by atoms with van der Waals surface area (Å²) < 4.78 is 56.2. The number of aliphatic hydroxyl groups excluding tert-OH is 4. The molecule has 0 aromatic carbocycles. The van der Waals surface area contributed by atoms with Crippen LogP contribution in [-0.2, 0) is 29.2 Å². The molecule has 1 rings (SSSR count). The maximum absolute atomic E-state index is 12.0. The molecule has 7 N–H and O–H groups in total. The van der Waals surface area contributed by atoms with Gasteiger partial charge >= 0.3 is 10.3 Å². The van der Waals surface area contributed by atoms with E-state index in [4.69, 9.17) is 9.84 Å². The van der Waals surface area contributed by atoms with Crippen LogP contribution >= 0.6 is 0 Å². The fourth-order valence-corrected chi connectivity index (χ4v) is 3.63. The lowest BCUT2D eigenvalue weighted by Gasteiger charge is -2.39. The van der Waals surface area contributed by atoms with Gasteiger partial charge in [-0.25, -0.2) is 18.3 Å². The summed E-state index contributed by atoms with van der Waals surface area (Å²) in [6.07, 6.45) is -6.85. The number of hydrogen-bond donors (Lipinski definition) is 6. The zero-order valence-corrected chi connectivity index (χ0v) is 13.5. The van der Waals surface area contributed by atoms with Crippen LogP contribution in [0.5, 0.6) is 0 Å². The molecule has 0 spiro atoms. The monoisotopic (exact) mass is 380 g/mol. The molecule has 1 fully saturated rings. The van der Waals surface area contributed by atoms with Gasteiger partial charge in [0.1, 0.15) is 24.4 Å². The third-order valence-corrected chi connectivity index (χ3v) is 5.13. The van der Waals surface area contributed by atoms with Crippen molar-refractivity contribution in [1.82, 2.24) is 4.72 Å². The topological polar surface area (TPSA) is 206 Å². The van der Waals surface area contributed by atoms with Crippen LogP contribution in [0.25, 0.3) is 0 Å². The van der Waals surface area contributed by atoms with E-state index in [2.05, 4.69) is 9.32 Å². The quantitative estimate of drug-likeness (QED) is 0.222. The van der Waals surface area contributed by atoms with Crippen LogP contribution in [0.2, 0.25) is 0 Å². The number of rotatable bonds is 8. The summed E-state index contributed by atoms with van der Waals surface area (Å²) in [6, 6.07) is 0. The summed E-state index contributed by atoms with van der Waals surface area (Å²) in [6.45, 7) is -1.39. The fourth-order valence-electron chi connectivity index (χ4n) is 1.87. The molecule has 1 aliphatic rings. The molecule has 138 valence electrons. The third-order valence-electron chi connectivity index (χ3n) is 3.03. The normalized spacial score (nSPS) is 32.8. The minimum atomic E-state index is -4.29. The summed E-state index contributed by atoms with van der Waals surface area (Å²) in [5, 5.41) is 42.4. The fraction of sp³-hybridized carbons (Fsp3) is 1.00. The lowest BCUT2D eigenvalue weighted by molar-refractivity contribution is -0.207. The van der Waals surface area contributed by atoms with Gasteiger partial charge in [-0.2, -0.15) is 8.42 Å². The highest BCUT2D eigenvalue weighted by molar-refractivity contribution is 7.90. The Morgan fingerprint density at radius 1 is 1.09 bits per heavy atom. The van der Waals surface area contributed by atoms with E-state index in [0.29, 0.717) is 0 Å². The first-order chi connectivity index (χ1) is 10.5. The molecule has 0 aromatic rings. The second kappa shape index (κ2) is 8.11. The maximum Gasteiger partial charge on any atom is 0.333 e. The van der Waals surface area contributed by atoms with Gasteiger partial charge in [-0.15, -0.1) is 0 Å². The number of ether oxygens (including phenoxy) is 1. The Morgan fingerprint density at radius 2 is 1.70 bits per heavy atom. The van der Waals surface area contributed by atoms with Gasteiger partial charge < -0.3 is 25.2 Å². The van der Waals surface area contributed by atoms with E-state index in [1.807, 2.05) is 4.72 Å². The molecule has 23 heavy (non-hydrogen) atoms. The Balaban J connectivity index is 2.61. The van der Waals surface area contributed by atoms with Gasteiger partial charge in [-0.3, -0.25) is 4.18 Å². The molecule has 1 aliphatic heterocycles. The van der Waals surface area contributed by atoms with Crippen molar-refractivity contribution in [2.75, 3.05) is 19.8 Å². The highest BCUT2D eigenvalue weighted by atomic mass is 32.2. The first kappa shape index (κ1) is 20.6. The van der Waals surface area contributed by atoms with E-state index >= 15 is 0 Å². The van der Waals surface area contributed by atoms with Crippen molar-refractivity contribution in [3.05, 3.63) is 0 Å². The number of sulfonamides is 1. The molecular formula is C9H20N2O10S2. The highest BCUT2D eigenvalue weighted by Gasteiger charge is 2.48. The number of nitrogens with one attached hydrogen (secondary N) is 1. The van der Waals surface area contributed by atoms with E-state index < -0.39 is 56.8 Å². The summed E-state index contributed by atoms with van der Waals surface area (Å²) in [4.78, 5) is 0. The molecule has 1 saturated heterocycles. The summed E-state index contributed by atoms with van der Waals surface area (Å²) >= 11 is 0. The predicted octanol–water partition coefficient (Wildman–Crippen LogP) is -4.68. The average Bonchev–Trinajstić information content (AvgIpc) is 2.43. The zero-order chi connectivity index (χ0) is 17.8. The predicted molar refractivity (Wildman–Crippen MR) is 74.4 cm³/mol. The van der Waals surface area contributed by atoms with Crippen molar-refractivity contribution in [3.63, 3.8) is 0 Å². The standard InChI is InChI=1S/C9H20N2O10S2/c10-23(18,19)20-3-1-2-11-22(16,17)9-8(15)7(14)6(13)5(4-12)21-9/h5-9,11-15H,1-4H2,(H2,10,18,19)/t5?,6-,7+,8?,9+/m1/s1. The van der Waals surface area contributed by atoms with Gasteiger partial charge in [0.15, 0.2) is 0 Å². The molecule has 0 radical (unpaired) electrons.